The smallest absolute Gasteiger partial charge is 0.279 e. The molecule has 0 aliphatic heterocycles. The quantitative estimate of drug-likeness (QED) is 0.269. The van der Waals surface area contributed by atoms with Crippen molar-refractivity contribution in [3.05, 3.63) is 89.5 Å². The molecular formula is C24H20F2N4O3S. The third kappa shape index (κ3) is 5.70. The Morgan fingerprint density at radius 3 is 2.53 bits per heavy atom. The number of aromatic amines is 1. The zero-order valence-corrected chi connectivity index (χ0v) is 18.8. The number of rotatable bonds is 7. The molecule has 0 saturated carbocycles. The molecule has 1 atom stereocenters. The Morgan fingerprint density at radius 2 is 1.79 bits per heavy atom. The van der Waals surface area contributed by atoms with E-state index >= 15 is 0 Å². The van der Waals surface area contributed by atoms with E-state index in [4.69, 9.17) is 4.74 Å². The molecule has 174 valence electrons. The number of thioether (sulfide) groups is 1. The standard InChI is InChI=1S/C24H20F2N4O3S/c1-14(33-17-10-11-18(25)19(26)12-17)22(31)29-30-23(32)16-8-6-15(7-9-16)13-34-24-27-20-4-2-3-5-21(20)28-24/h2-12,14H,13H2,1H3,(H,27,28)(H,29,31)(H,30,32). The zero-order chi connectivity index (χ0) is 24.1. The van der Waals surface area contributed by atoms with E-state index in [1.165, 1.54) is 13.0 Å². The number of carbonyl (C=O) groups excluding carboxylic acids is 2. The van der Waals surface area contributed by atoms with Gasteiger partial charge in [-0.05, 0) is 48.9 Å². The molecule has 7 nitrogen and oxygen atoms in total. The SMILES string of the molecule is CC(Oc1ccc(F)c(F)c1)C(=O)NNC(=O)c1ccc(CSc2nc3ccccc3[nH]2)cc1. The van der Waals surface area contributed by atoms with Gasteiger partial charge in [-0.25, -0.2) is 13.8 Å². The molecule has 1 aromatic heterocycles. The molecule has 4 rings (SSSR count). The van der Waals surface area contributed by atoms with Crippen LogP contribution in [0.5, 0.6) is 5.75 Å². The van der Waals surface area contributed by atoms with Gasteiger partial charge < -0.3 is 9.72 Å². The van der Waals surface area contributed by atoms with Gasteiger partial charge in [0.25, 0.3) is 11.8 Å². The summed E-state index contributed by atoms with van der Waals surface area (Å²) in [6.45, 7) is 1.41. The molecule has 34 heavy (non-hydrogen) atoms. The lowest BCUT2D eigenvalue weighted by Gasteiger charge is -2.15. The van der Waals surface area contributed by atoms with Crippen LogP contribution in [0.25, 0.3) is 11.0 Å². The van der Waals surface area contributed by atoms with Crippen molar-refractivity contribution in [3.63, 3.8) is 0 Å². The van der Waals surface area contributed by atoms with Crippen LogP contribution in [0.2, 0.25) is 0 Å². The van der Waals surface area contributed by atoms with Gasteiger partial charge in [0, 0.05) is 17.4 Å². The van der Waals surface area contributed by atoms with Gasteiger partial charge in [0.15, 0.2) is 22.9 Å². The number of fused-ring (bicyclic) bond motifs is 1. The number of hydrazine groups is 1. The molecule has 10 heteroatoms. The third-order valence-corrected chi connectivity index (χ3v) is 5.78. The number of H-pyrrole nitrogens is 1. The van der Waals surface area contributed by atoms with Crippen molar-refractivity contribution < 1.29 is 23.1 Å². The summed E-state index contributed by atoms with van der Waals surface area (Å²) in [5.74, 6) is -2.61. The number of amides is 2. The van der Waals surface area contributed by atoms with E-state index < -0.39 is 29.6 Å². The Labute approximate surface area is 197 Å². The number of carbonyl (C=O) groups is 2. The summed E-state index contributed by atoms with van der Waals surface area (Å²) < 4.78 is 31.5. The summed E-state index contributed by atoms with van der Waals surface area (Å²) in [6.07, 6.45) is -1.05. The number of nitrogens with one attached hydrogen (secondary N) is 3. The number of hydrogen-bond donors (Lipinski definition) is 3. The number of halogens is 2. The van der Waals surface area contributed by atoms with Crippen molar-refractivity contribution in [2.24, 2.45) is 0 Å². The highest BCUT2D eigenvalue weighted by molar-refractivity contribution is 7.98. The van der Waals surface area contributed by atoms with Gasteiger partial charge in [-0.3, -0.25) is 20.4 Å². The molecule has 0 aliphatic carbocycles. The van der Waals surface area contributed by atoms with Crippen LogP contribution in [0.15, 0.2) is 71.9 Å². The number of imidazole rings is 1. The normalized spacial score (nSPS) is 11.7. The molecule has 1 unspecified atom stereocenters. The van der Waals surface area contributed by atoms with Gasteiger partial charge >= 0.3 is 0 Å². The predicted molar refractivity (Wildman–Crippen MR) is 124 cm³/mol. The van der Waals surface area contributed by atoms with Gasteiger partial charge in [0.05, 0.1) is 11.0 Å². The summed E-state index contributed by atoms with van der Waals surface area (Å²) in [5.41, 5.74) is 7.79. The first kappa shape index (κ1) is 23.2. The van der Waals surface area contributed by atoms with E-state index in [-0.39, 0.29) is 5.75 Å². The molecule has 0 spiro atoms. The highest BCUT2D eigenvalue weighted by atomic mass is 32.2. The molecular weight excluding hydrogens is 462 g/mol. The predicted octanol–water partition coefficient (Wildman–Crippen LogP) is 4.36. The highest BCUT2D eigenvalue weighted by Gasteiger charge is 2.17. The first-order valence-corrected chi connectivity index (χ1v) is 11.3. The topological polar surface area (TPSA) is 96.1 Å². The number of aromatic nitrogens is 2. The van der Waals surface area contributed by atoms with Crippen LogP contribution in [0.1, 0.15) is 22.8 Å². The van der Waals surface area contributed by atoms with Crippen LogP contribution in [0, 0.1) is 11.6 Å². The van der Waals surface area contributed by atoms with Crippen LogP contribution in [0.4, 0.5) is 8.78 Å². The van der Waals surface area contributed by atoms with Gasteiger partial charge in [-0.1, -0.05) is 36.0 Å². The van der Waals surface area contributed by atoms with Crippen LogP contribution in [0.3, 0.4) is 0 Å². The second-order valence-corrected chi connectivity index (χ2v) is 8.29. The van der Waals surface area contributed by atoms with Crippen LogP contribution in [-0.4, -0.2) is 27.9 Å². The monoisotopic (exact) mass is 482 g/mol. The summed E-state index contributed by atoms with van der Waals surface area (Å²) in [4.78, 5) is 32.2. The molecule has 4 aromatic rings. The lowest BCUT2D eigenvalue weighted by atomic mass is 10.1. The Hall–Kier alpha value is -3.92. The van der Waals surface area contributed by atoms with Gasteiger partial charge in [0.1, 0.15) is 5.75 Å². The van der Waals surface area contributed by atoms with E-state index in [0.29, 0.717) is 11.3 Å². The maximum absolute atomic E-state index is 13.3. The molecule has 0 bridgehead atoms. The Balaban J connectivity index is 1.25. The molecule has 3 aromatic carbocycles. The van der Waals surface area contributed by atoms with Gasteiger partial charge in [-0.2, -0.15) is 0 Å². The molecule has 1 heterocycles. The van der Waals surface area contributed by atoms with Crippen molar-refractivity contribution >= 4 is 34.6 Å². The average molecular weight is 483 g/mol. The van der Waals surface area contributed by atoms with E-state index in [0.717, 1.165) is 33.9 Å². The Bertz CT molecular complexity index is 1290. The van der Waals surface area contributed by atoms with Crippen molar-refractivity contribution in [1.82, 2.24) is 20.8 Å². The minimum Gasteiger partial charge on any atom is -0.481 e. The maximum atomic E-state index is 13.3. The molecule has 0 radical (unpaired) electrons. The number of nitrogens with zero attached hydrogens (tertiary/aromatic N) is 1. The third-order valence-electron chi connectivity index (χ3n) is 4.83. The fourth-order valence-electron chi connectivity index (χ4n) is 3.00. The Kier molecular flexibility index (Phi) is 7.07. The molecule has 0 aliphatic rings. The largest absolute Gasteiger partial charge is 0.481 e. The Morgan fingerprint density at radius 1 is 1.03 bits per heavy atom. The van der Waals surface area contributed by atoms with E-state index in [1.54, 1.807) is 23.9 Å². The summed E-state index contributed by atoms with van der Waals surface area (Å²) in [6, 6.07) is 17.7. The summed E-state index contributed by atoms with van der Waals surface area (Å²) in [7, 11) is 0. The van der Waals surface area contributed by atoms with E-state index in [1.807, 2.05) is 36.4 Å². The minimum atomic E-state index is -1.09. The van der Waals surface area contributed by atoms with Crippen LogP contribution < -0.4 is 15.6 Å². The second kappa shape index (κ2) is 10.3. The van der Waals surface area contributed by atoms with E-state index in [2.05, 4.69) is 20.8 Å². The van der Waals surface area contributed by atoms with Crippen molar-refractivity contribution in [2.75, 3.05) is 0 Å². The van der Waals surface area contributed by atoms with Crippen molar-refractivity contribution in [1.29, 1.82) is 0 Å². The fourth-order valence-corrected chi connectivity index (χ4v) is 3.84. The zero-order valence-electron chi connectivity index (χ0n) is 18.0. The molecule has 0 fully saturated rings. The van der Waals surface area contributed by atoms with Gasteiger partial charge in [0.2, 0.25) is 0 Å². The first-order chi connectivity index (χ1) is 16.4. The molecule has 0 saturated heterocycles. The molecule has 3 N–H and O–H groups in total. The lowest BCUT2D eigenvalue weighted by molar-refractivity contribution is -0.128. The first-order valence-electron chi connectivity index (χ1n) is 10.3. The lowest BCUT2D eigenvalue weighted by Crippen LogP contribution is -2.47. The number of hydrogen-bond acceptors (Lipinski definition) is 5. The number of para-hydroxylation sites is 2. The van der Waals surface area contributed by atoms with Crippen molar-refractivity contribution in [3.8, 4) is 5.75 Å². The minimum absolute atomic E-state index is 0.0102. The number of benzene rings is 3. The maximum Gasteiger partial charge on any atom is 0.279 e. The highest BCUT2D eigenvalue weighted by Crippen LogP contribution is 2.23. The van der Waals surface area contributed by atoms with Crippen molar-refractivity contribution in [2.45, 2.75) is 23.9 Å². The molecule has 2 amide bonds. The average Bonchev–Trinajstić information content (AvgIpc) is 3.26. The second-order valence-electron chi connectivity index (χ2n) is 7.32. The summed E-state index contributed by atoms with van der Waals surface area (Å²) >= 11 is 1.55. The van der Waals surface area contributed by atoms with Crippen LogP contribution in [-0.2, 0) is 10.5 Å². The fraction of sp³-hybridized carbons (Fsp3) is 0.125. The number of ether oxygens (including phenoxy) is 1. The van der Waals surface area contributed by atoms with Gasteiger partial charge in [-0.15, -0.1) is 0 Å². The van der Waals surface area contributed by atoms with E-state index in [9.17, 15) is 18.4 Å². The summed E-state index contributed by atoms with van der Waals surface area (Å²) in [5, 5.41) is 0.811. The van der Waals surface area contributed by atoms with Crippen LogP contribution >= 0.6 is 11.8 Å².